The second-order valence-corrected chi connectivity index (χ2v) is 4.57. The van der Waals surface area contributed by atoms with Gasteiger partial charge in [0.05, 0.1) is 13.1 Å². The van der Waals surface area contributed by atoms with E-state index < -0.39 is 0 Å². The second kappa shape index (κ2) is 5.89. The number of piperidine rings is 2. The third-order valence-electron chi connectivity index (χ3n) is 3.24. The molecule has 3 nitrogen and oxygen atoms in total. The smallest absolute Gasteiger partial charge is 0.283 e. The van der Waals surface area contributed by atoms with Gasteiger partial charge in [0, 0.05) is 13.1 Å². The van der Waals surface area contributed by atoms with Crippen LogP contribution in [0.25, 0.3) is 0 Å². The molecule has 0 N–H and O–H groups in total. The summed E-state index contributed by atoms with van der Waals surface area (Å²) in [7, 11) is 0. The summed E-state index contributed by atoms with van der Waals surface area (Å²) in [6.07, 6.45) is 12.1. The highest BCUT2D eigenvalue weighted by Crippen LogP contribution is 2.06. The molecule has 3 heteroatoms. The first-order chi connectivity index (χ1) is 7.45. The summed E-state index contributed by atoms with van der Waals surface area (Å²) < 4.78 is 2.34. The zero-order chi connectivity index (χ0) is 10.3. The van der Waals surface area contributed by atoms with Gasteiger partial charge in [-0.15, -0.1) is 0 Å². The van der Waals surface area contributed by atoms with Crippen molar-refractivity contribution in [2.24, 2.45) is 4.99 Å². The van der Waals surface area contributed by atoms with E-state index in [9.17, 15) is 0 Å². The highest BCUT2D eigenvalue weighted by atomic mass is 15.2. The molecule has 0 spiro atoms. The van der Waals surface area contributed by atoms with E-state index in [1.165, 1.54) is 64.7 Å². The fourth-order valence-electron chi connectivity index (χ4n) is 2.29. The lowest BCUT2D eigenvalue weighted by Crippen LogP contribution is -2.28. The van der Waals surface area contributed by atoms with Gasteiger partial charge in [-0.05, 0) is 43.5 Å². The predicted molar refractivity (Wildman–Crippen MR) is 63.8 cm³/mol. The minimum Gasteiger partial charge on any atom is -0.342 e. The molecule has 0 unspecified atom stereocenters. The topological polar surface area (TPSA) is 18.6 Å². The number of rotatable bonds is 2. The molecule has 2 heterocycles. The molecular formula is C12H22N3+. The molecule has 2 aliphatic rings. The lowest BCUT2D eigenvalue weighted by molar-refractivity contribution is -0.533. The van der Waals surface area contributed by atoms with E-state index in [2.05, 4.69) is 14.5 Å². The van der Waals surface area contributed by atoms with Crippen LogP contribution in [-0.2, 0) is 0 Å². The molecule has 0 atom stereocenters. The van der Waals surface area contributed by atoms with Crippen molar-refractivity contribution < 1.29 is 4.58 Å². The Morgan fingerprint density at radius 1 is 0.867 bits per heavy atom. The lowest BCUT2D eigenvalue weighted by atomic mass is 10.1. The van der Waals surface area contributed by atoms with Gasteiger partial charge >= 0.3 is 0 Å². The van der Waals surface area contributed by atoms with Gasteiger partial charge in [0.1, 0.15) is 0 Å². The Hall–Kier alpha value is -0.860. The predicted octanol–water partition coefficient (Wildman–Crippen LogP) is 1.73. The minimum absolute atomic E-state index is 1.19. The maximum absolute atomic E-state index is 4.42. The van der Waals surface area contributed by atoms with E-state index in [0.29, 0.717) is 0 Å². The van der Waals surface area contributed by atoms with Crippen LogP contribution >= 0.6 is 0 Å². The van der Waals surface area contributed by atoms with Crippen LogP contribution in [0, 0.1) is 0 Å². The number of nitrogens with zero attached hydrogens (tertiary/aromatic N) is 3. The van der Waals surface area contributed by atoms with Crippen molar-refractivity contribution in [2.75, 3.05) is 26.2 Å². The van der Waals surface area contributed by atoms with Crippen LogP contribution in [0.3, 0.4) is 0 Å². The van der Waals surface area contributed by atoms with Gasteiger partial charge in [0.2, 0.25) is 6.34 Å². The number of likely N-dealkylation sites (tertiary alicyclic amines) is 1. The van der Waals surface area contributed by atoms with Crippen molar-refractivity contribution in [3.8, 4) is 0 Å². The SMILES string of the molecule is C(=NC=[N+]1CCCCC1)N1CCCCC1. The highest BCUT2D eigenvalue weighted by molar-refractivity contribution is 5.68. The van der Waals surface area contributed by atoms with Gasteiger partial charge < -0.3 is 4.90 Å². The van der Waals surface area contributed by atoms with Crippen LogP contribution in [0.15, 0.2) is 4.99 Å². The molecule has 0 aromatic heterocycles. The third kappa shape index (κ3) is 3.65. The molecule has 2 fully saturated rings. The molecule has 84 valence electrons. The van der Waals surface area contributed by atoms with Gasteiger partial charge in [-0.25, -0.2) is 0 Å². The lowest BCUT2D eigenvalue weighted by Gasteiger charge is -2.21. The monoisotopic (exact) mass is 208 g/mol. The van der Waals surface area contributed by atoms with Crippen molar-refractivity contribution in [1.29, 1.82) is 0 Å². The molecule has 0 aromatic rings. The molecule has 0 radical (unpaired) electrons. The first-order valence-corrected chi connectivity index (χ1v) is 6.30. The molecule has 2 aliphatic heterocycles. The van der Waals surface area contributed by atoms with Gasteiger partial charge in [0.15, 0.2) is 0 Å². The quantitative estimate of drug-likeness (QED) is 0.384. The average Bonchev–Trinajstić information content (AvgIpc) is 2.32. The summed E-state index contributed by atoms with van der Waals surface area (Å²) in [5.41, 5.74) is 0. The first kappa shape index (κ1) is 10.7. The summed E-state index contributed by atoms with van der Waals surface area (Å²) in [6, 6.07) is 0. The van der Waals surface area contributed by atoms with E-state index in [-0.39, 0.29) is 0 Å². The molecular weight excluding hydrogens is 186 g/mol. The molecule has 2 saturated heterocycles. The van der Waals surface area contributed by atoms with Crippen LogP contribution < -0.4 is 0 Å². The van der Waals surface area contributed by atoms with Crippen LogP contribution in [0.5, 0.6) is 0 Å². The van der Waals surface area contributed by atoms with Crippen LogP contribution in [0.4, 0.5) is 0 Å². The molecule has 2 rings (SSSR count). The Kier molecular flexibility index (Phi) is 4.18. The van der Waals surface area contributed by atoms with Crippen LogP contribution in [0.1, 0.15) is 38.5 Å². The number of hydrogen-bond acceptors (Lipinski definition) is 0. The largest absolute Gasteiger partial charge is 0.342 e. The Morgan fingerprint density at radius 3 is 2.27 bits per heavy atom. The standard InChI is InChI=1S/C12H22N3/c1-3-7-14(8-4-1)11-13-12-15-9-5-2-6-10-15/h11-12H,1-10H2/q+1. The van der Waals surface area contributed by atoms with Crippen molar-refractivity contribution >= 4 is 12.7 Å². The third-order valence-corrected chi connectivity index (χ3v) is 3.24. The molecule has 0 aliphatic carbocycles. The van der Waals surface area contributed by atoms with Crippen molar-refractivity contribution in [1.82, 2.24) is 4.90 Å². The number of hydrogen-bond donors (Lipinski definition) is 0. The maximum Gasteiger partial charge on any atom is 0.283 e. The molecule has 0 amide bonds. The van der Waals surface area contributed by atoms with E-state index in [1.54, 1.807) is 0 Å². The summed E-state index contributed by atoms with van der Waals surface area (Å²) in [5.74, 6) is 0. The van der Waals surface area contributed by atoms with Crippen LogP contribution in [-0.4, -0.2) is 48.3 Å². The Labute approximate surface area is 92.5 Å². The fourth-order valence-corrected chi connectivity index (χ4v) is 2.29. The van der Waals surface area contributed by atoms with E-state index in [1.807, 2.05) is 12.7 Å². The Balaban J connectivity index is 1.77. The number of aliphatic imine (C=N–C) groups is 1. The summed E-state index contributed by atoms with van der Waals surface area (Å²) in [5, 5.41) is 0. The van der Waals surface area contributed by atoms with E-state index in [0.717, 1.165) is 0 Å². The van der Waals surface area contributed by atoms with Crippen molar-refractivity contribution in [3.05, 3.63) is 0 Å². The molecule has 0 aromatic carbocycles. The molecule has 15 heavy (non-hydrogen) atoms. The van der Waals surface area contributed by atoms with Crippen molar-refractivity contribution in [3.63, 3.8) is 0 Å². The van der Waals surface area contributed by atoms with Gasteiger partial charge in [-0.2, -0.15) is 0 Å². The van der Waals surface area contributed by atoms with Crippen molar-refractivity contribution in [2.45, 2.75) is 38.5 Å². The Morgan fingerprint density at radius 2 is 1.53 bits per heavy atom. The second-order valence-electron chi connectivity index (χ2n) is 4.57. The molecule has 0 bridgehead atoms. The zero-order valence-corrected chi connectivity index (χ0v) is 9.57. The average molecular weight is 208 g/mol. The normalized spacial score (nSPS) is 23.5. The van der Waals surface area contributed by atoms with Gasteiger partial charge in [-0.3, -0.25) is 4.58 Å². The first-order valence-electron chi connectivity index (χ1n) is 6.30. The van der Waals surface area contributed by atoms with Gasteiger partial charge in [-0.1, -0.05) is 0 Å². The molecule has 0 saturated carbocycles. The fraction of sp³-hybridized carbons (Fsp3) is 0.833. The zero-order valence-electron chi connectivity index (χ0n) is 9.57. The van der Waals surface area contributed by atoms with E-state index in [4.69, 9.17) is 0 Å². The minimum atomic E-state index is 1.19. The highest BCUT2D eigenvalue weighted by Gasteiger charge is 2.08. The summed E-state index contributed by atoms with van der Waals surface area (Å²) in [6.45, 7) is 4.77. The van der Waals surface area contributed by atoms with Crippen LogP contribution in [0.2, 0.25) is 0 Å². The Bertz CT molecular complexity index is 231. The van der Waals surface area contributed by atoms with E-state index >= 15 is 0 Å². The summed E-state index contributed by atoms with van der Waals surface area (Å²) in [4.78, 5) is 6.76. The summed E-state index contributed by atoms with van der Waals surface area (Å²) >= 11 is 0. The maximum atomic E-state index is 4.42. The van der Waals surface area contributed by atoms with Gasteiger partial charge in [0.25, 0.3) is 6.34 Å².